The largest absolute Gasteiger partial charge is 0.508 e. The molecule has 2 aromatic carbocycles. The van der Waals surface area contributed by atoms with E-state index < -0.39 is 19.7 Å². The smallest absolute Gasteiger partial charge is 0.471 e. The number of phenols is 1. The van der Waals surface area contributed by atoms with E-state index in [9.17, 15) is 34.0 Å². The molecule has 0 fully saturated rings. The number of phenolic OH excluding ortho intramolecular Hbond substituents is 1. The predicted molar refractivity (Wildman–Crippen MR) is 168 cm³/mol. The van der Waals surface area contributed by atoms with Crippen molar-refractivity contribution in [1.29, 1.82) is 0 Å². The van der Waals surface area contributed by atoms with Crippen LogP contribution in [0.3, 0.4) is 0 Å². The first kappa shape index (κ1) is 35.2. The number of carbonyl (C=O) groups is 3. The van der Waals surface area contributed by atoms with Gasteiger partial charge < -0.3 is 39.6 Å². The molecule has 15 nitrogen and oxygen atoms in total. The normalized spacial score (nSPS) is 12.6. The summed E-state index contributed by atoms with van der Waals surface area (Å²) in [6.45, 7) is 0.629. The molecule has 250 valence electrons. The Kier molecular flexibility index (Phi) is 12.2. The van der Waals surface area contributed by atoms with Gasteiger partial charge >= 0.3 is 13.8 Å². The lowest BCUT2D eigenvalue weighted by atomic mass is 9.90. The van der Waals surface area contributed by atoms with Crippen molar-refractivity contribution < 1.29 is 57.0 Å². The molecule has 0 saturated heterocycles. The molecule has 0 saturated carbocycles. The molecular formula is C31H33N2O13P. The minimum Gasteiger partial charge on any atom is -0.508 e. The molecule has 0 bridgehead atoms. The number of carbonyl (C=O) groups excluding carboxylic acids is 2. The van der Waals surface area contributed by atoms with Crippen LogP contribution >= 0.6 is 7.82 Å². The highest BCUT2D eigenvalue weighted by Crippen LogP contribution is 2.42. The van der Waals surface area contributed by atoms with Gasteiger partial charge in [-0.25, -0.2) is 9.36 Å². The third-order valence-electron chi connectivity index (χ3n) is 6.75. The van der Waals surface area contributed by atoms with Crippen LogP contribution in [0.1, 0.15) is 27.1 Å². The molecule has 2 aromatic rings. The number of ether oxygens (including phenoxy) is 2. The predicted octanol–water partition coefficient (Wildman–Crippen LogP) is 3.00. The van der Waals surface area contributed by atoms with Crippen LogP contribution in [0.25, 0.3) is 33.4 Å². The molecule has 1 atom stereocenters. The van der Waals surface area contributed by atoms with E-state index in [0.717, 1.165) is 7.11 Å². The summed E-state index contributed by atoms with van der Waals surface area (Å²) in [6, 6.07) is 12.8. The minimum atomic E-state index is -4.08. The van der Waals surface area contributed by atoms with Gasteiger partial charge in [0.05, 0.1) is 38.6 Å². The quantitative estimate of drug-likeness (QED) is 0.0619. The maximum Gasteiger partial charge on any atom is 0.471 e. The van der Waals surface area contributed by atoms with Crippen molar-refractivity contribution in [3.8, 4) is 28.2 Å². The number of phosphoric ester groups is 1. The number of hydrogen-bond donors (Lipinski definition) is 5. The number of rotatable bonds is 17. The van der Waals surface area contributed by atoms with Crippen molar-refractivity contribution in [2.24, 2.45) is 0 Å². The van der Waals surface area contributed by atoms with E-state index in [0.29, 0.717) is 22.1 Å². The second-order valence-electron chi connectivity index (χ2n) is 9.95. The zero-order chi connectivity index (χ0) is 34.0. The molecule has 1 heterocycles. The number of hydrogen-bond acceptors (Lipinski definition) is 11. The van der Waals surface area contributed by atoms with Crippen LogP contribution in [0.2, 0.25) is 0 Å². The molecule has 1 aliphatic carbocycles. The van der Waals surface area contributed by atoms with Gasteiger partial charge in [-0.05, 0) is 42.0 Å². The lowest BCUT2D eigenvalue weighted by Crippen LogP contribution is -2.28. The Morgan fingerprint density at radius 3 is 2.34 bits per heavy atom. The highest BCUT2D eigenvalue weighted by molar-refractivity contribution is 7.47. The number of nitrogens with one attached hydrogen (secondary N) is 2. The molecule has 16 heteroatoms. The van der Waals surface area contributed by atoms with Crippen LogP contribution in [0, 0.1) is 0 Å². The number of carboxylic acids is 1. The van der Waals surface area contributed by atoms with Crippen LogP contribution < -0.4 is 16.1 Å². The molecule has 5 N–H and O–H groups in total. The fourth-order valence-corrected chi connectivity index (χ4v) is 4.98. The number of carboxylic acid groups (broad SMARTS) is 1. The topological polar surface area (TPSA) is 220 Å². The Bertz CT molecular complexity index is 1820. The van der Waals surface area contributed by atoms with Gasteiger partial charge in [-0.15, -0.1) is 0 Å². The molecule has 0 radical (unpaired) electrons. The first-order valence-electron chi connectivity index (χ1n) is 14.3. The van der Waals surface area contributed by atoms with Gasteiger partial charge in [-0.3, -0.25) is 23.4 Å². The Morgan fingerprint density at radius 1 is 0.872 bits per heavy atom. The summed E-state index contributed by atoms with van der Waals surface area (Å²) in [4.78, 5) is 58.0. The Hall–Kier alpha value is -4.63. The van der Waals surface area contributed by atoms with Crippen LogP contribution in [0.15, 0.2) is 63.8 Å². The Labute approximate surface area is 268 Å². The van der Waals surface area contributed by atoms with Crippen LogP contribution in [0.5, 0.6) is 5.75 Å². The maximum absolute atomic E-state index is 12.8. The standard InChI is InChI=1S/C31H33N2O13P/c1-42-47(40,41)45-13-10-32-28(36)8-11-43-14-15-44-12-9-33-30(37)19-2-5-22(25(16-19)31(38)39)29-23-6-3-20(34)17-26(23)46-27-18-21(35)4-7-24(27)29/h2-7,16-18,34H,8-15H2,1H3,(H,32,36)(H,33,37)(H,38,39)(H,40,41). The molecule has 1 aliphatic heterocycles. The van der Waals surface area contributed by atoms with Gasteiger partial charge in [-0.2, -0.15) is 0 Å². The number of aromatic carboxylic acids is 1. The van der Waals surface area contributed by atoms with Gasteiger partial charge in [0.25, 0.3) is 5.91 Å². The highest BCUT2D eigenvalue weighted by Gasteiger charge is 2.23. The van der Waals surface area contributed by atoms with E-state index in [1.165, 1.54) is 42.5 Å². The second kappa shape index (κ2) is 16.3. The van der Waals surface area contributed by atoms with Gasteiger partial charge in [0.15, 0.2) is 5.43 Å². The molecule has 47 heavy (non-hydrogen) atoms. The molecule has 1 unspecified atom stereocenters. The summed E-state index contributed by atoms with van der Waals surface area (Å²) in [7, 11) is -3.05. The van der Waals surface area contributed by atoms with E-state index in [1.54, 1.807) is 12.1 Å². The molecule has 4 rings (SSSR count). The first-order valence-corrected chi connectivity index (χ1v) is 15.8. The third-order valence-corrected chi connectivity index (χ3v) is 7.72. The minimum absolute atomic E-state index is 0.0254. The third kappa shape index (κ3) is 9.68. The molecule has 0 aromatic heterocycles. The maximum atomic E-state index is 12.8. The molecular weight excluding hydrogens is 639 g/mol. The summed E-state index contributed by atoms with van der Waals surface area (Å²) >= 11 is 0. The van der Waals surface area contributed by atoms with E-state index >= 15 is 0 Å². The number of amides is 2. The van der Waals surface area contributed by atoms with E-state index in [1.807, 2.05) is 0 Å². The monoisotopic (exact) mass is 672 g/mol. The van der Waals surface area contributed by atoms with Crippen molar-refractivity contribution in [1.82, 2.24) is 10.6 Å². The van der Waals surface area contributed by atoms with E-state index in [2.05, 4.69) is 19.7 Å². The van der Waals surface area contributed by atoms with Gasteiger partial charge in [0, 0.05) is 60.8 Å². The lowest BCUT2D eigenvalue weighted by molar-refractivity contribution is -0.122. The van der Waals surface area contributed by atoms with Crippen molar-refractivity contribution in [2.75, 3.05) is 53.2 Å². The van der Waals surface area contributed by atoms with Gasteiger partial charge in [0.2, 0.25) is 5.91 Å². The van der Waals surface area contributed by atoms with Crippen LogP contribution in [0.4, 0.5) is 0 Å². The summed E-state index contributed by atoms with van der Waals surface area (Å²) in [6.07, 6.45) is 0.0605. The van der Waals surface area contributed by atoms with Crippen LogP contribution in [-0.2, 0) is 27.9 Å². The number of phosphoric acid groups is 1. The zero-order valence-corrected chi connectivity index (χ0v) is 26.1. The average molecular weight is 673 g/mol. The van der Waals surface area contributed by atoms with Gasteiger partial charge in [-0.1, -0.05) is 6.07 Å². The van der Waals surface area contributed by atoms with E-state index in [4.69, 9.17) is 18.8 Å². The molecule has 2 amide bonds. The fourth-order valence-electron chi connectivity index (χ4n) is 4.55. The summed E-state index contributed by atoms with van der Waals surface area (Å²) in [5.74, 6) is -1.98. The Morgan fingerprint density at radius 2 is 1.60 bits per heavy atom. The van der Waals surface area contributed by atoms with Crippen molar-refractivity contribution in [3.05, 3.63) is 75.9 Å². The summed E-state index contributed by atoms with van der Waals surface area (Å²) in [5.41, 5.74) is 1.14. The molecule has 2 aliphatic rings. The average Bonchev–Trinajstić information content (AvgIpc) is 3.04. The fraction of sp³-hybridized carbons (Fsp3) is 0.290. The van der Waals surface area contributed by atoms with Crippen molar-refractivity contribution in [3.63, 3.8) is 0 Å². The summed E-state index contributed by atoms with van der Waals surface area (Å²) in [5, 5.41) is 25.7. The molecule has 0 spiro atoms. The summed E-state index contributed by atoms with van der Waals surface area (Å²) < 4.78 is 36.6. The van der Waals surface area contributed by atoms with Crippen molar-refractivity contribution >= 4 is 36.6 Å². The van der Waals surface area contributed by atoms with E-state index in [-0.39, 0.29) is 92.1 Å². The van der Waals surface area contributed by atoms with Gasteiger partial charge in [0.1, 0.15) is 17.1 Å². The van der Waals surface area contributed by atoms with Crippen molar-refractivity contribution in [2.45, 2.75) is 6.42 Å². The number of fused-ring (bicyclic) bond motifs is 2. The first-order chi connectivity index (χ1) is 22.5. The zero-order valence-electron chi connectivity index (χ0n) is 25.2. The van der Waals surface area contributed by atoms with Crippen LogP contribution in [-0.4, -0.2) is 86.1 Å². The Balaban J connectivity index is 1.27. The number of aromatic hydroxyl groups is 1. The second-order valence-corrected chi connectivity index (χ2v) is 11.5. The number of benzene rings is 3. The lowest BCUT2D eigenvalue weighted by Gasteiger charge is -2.17. The SMILES string of the molecule is COP(=O)(O)OCCNC(=O)CCOCCOCCNC(=O)c1ccc(-c2c3ccc(=O)cc-3oc3cc(O)ccc23)c(C(=O)O)c1. The highest BCUT2D eigenvalue weighted by atomic mass is 31.2.